The van der Waals surface area contributed by atoms with Crippen LogP contribution in [0.3, 0.4) is 0 Å². The average molecular weight is 187 g/mol. The molecule has 0 bridgehead atoms. The van der Waals surface area contributed by atoms with Gasteiger partial charge in [-0.25, -0.2) is 9.78 Å². The number of fused-ring (bicyclic) bond motifs is 1. The summed E-state index contributed by atoms with van der Waals surface area (Å²) in [6, 6.07) is 0. The molecule has 7 heteroatoms. The average Bonchev–Trinajstić information content (AvgIpc) is 2.44. The van der Waals surface area contributed by atoms with Gasteiger partial charge >= 0.3 is 24.6 Å². The van der Waals surface area contributed by atoms with Gasteiger partial charge in [0.1, 0.15) is 0 Å². The molecule has 0 aliphatic heterocycles. The van der Waals surface area contributed by atoms with Crippen LogP contribution in [0.4, 0.5) is 0 Å². The van der Waals surface area contributed by atoms with Gasteiger partial charge in [-0.05, 0) is 0 Å². The summed E-state index contributed by atoms with van der Waals surface area (Å²) in [5, 5.41) is 0. The minimum atomic E-state index is -0.448. The molecule has 0 fully saturated rings. The SMILES string of the molecule is Cn1cnc2c1c(=O)[nH]c(=O)n2C.[Li+]. The van der Waals surface area contributed by atoms with Gasteiger partial charge in [-0.3, -0.25) is 14.3 Å². The number of hydrogen-bond donors (Lipinski definition) is 1. The molecule has 2 heterocycles. The molecule has 0 atom stereocenters. The van der Waals surface area contributed by atoms with Crippen molar-refractivity contribution in [3.8, 4) is 0 Å². The van der Waals surface area contributed by atoms with Gasteiger partial charge in [0, 0.05) is 14.1 Å². The molecule has 1 N–H and O–H groups in total. The second kappa shape index (κ2) is 3.48. The standard InChI is InChI=1S/C7H8N4O2.Li/c1-10-3-8-5-4(10)6(12)9-7(13)11(5)2;/h3H,1-2H3,(H,9,12,13);/q;+1. The first-order valence-corrected chi connectivity index (χ1v) is 3.71. The molecule has 0 saturated carbocycles. The molecule has 0 aliphatic carbocycles. The van der Waals surface area contributed by atoms with Crippen molar-refractivity contribution in [1.82, 2.24) is 19.1 Å². The van der Waals surface area contributed by atoms with Gasteiger partial charge in [0.2, 0.25) is 0 Å². The van der Waals surface area contributed by atoms with E-state index in [-0.39, 0.29) is 18.9 Å². The molecule has 0 unspecified atom stereocenters. The molecular weight excluding hydrogens is 179 g/mol. The first kappa shape index (κ1) is 10.8. The van der Waals surface area contributed by atoms with E-state index in [2.05, 4.69) is 9.97 Å². The molecular formula is C7H8LiN4O2+. The van der Waals surface area contributed by atoms with Crippen LogP contribution in [-0.2, 0) is 14.1 Å². The predicted molar refractivity (Wildman–Crippen MR) is 46.6 cm³/mol. The third-order valence-electron chi connectivity index (χ3n) is 1.98. The quantitative estimate of drug-likeness (QED) is 0.427. The van der Waals surface area contributed by atoms with Crippen LogP contribution in [0.15, 0.2) is 15.9 Å². The fraction of sp³-hybridized carbons (Fsp3) is 0.286. The Balaban J connectivity index is 0.000000980. The summed E-state index contributed by atoms with van der Waals surface area (Å²) in [6.45, 7) is 0. The molecule has 6 nitrogen and oxygen atoms in total. The molecule has 2 aromatic rings. The predicted octanol–water partition coefficient (Wildman–Crippen LogP) is -4.04. The molecule has 2 aromatic heterocycles. The molecule has 0 radical (unpaired) electrons. The molecule has 2 rings (SSSR count). The summed E-state index contributed by atoms with van der Waals surface area (Å²) in [5.74, 6) is 0. The van der Waals surface area contributed by atoms with Gasteiger partial charge in [-0.1, -0.05) is 0 Å². The van der Waals surface area contributed by atoms with Crippen molar-refractivity contribution in [2.45, 2.75) is 0 Å². The summed E-state index contributed by atoms with van der Waals surface area (Å²) in [5.41, 5.74) is -0.0485. The molecule has 0 amide bonds. The van der Waals surface area contributed by atoms with E-state index in [0.29, 0.717) is 11.2 Å². The number of nitrogens with zero attached hydrogens (tertiary/aromatic N) is 3. The molecule has 0 saturated heterocycles. The summed E-state index contributed by atoms with van der Waals surface area (Å²) in [7, 11) is 3.27. The minimum absolute atomic E-state index is 0. The summed E-state index contributed by atoms with van der Waals surface area (Å²) < 4.78 is 2.88. The Morgan fingerprint density at radius 2 is 2.00 bits per heavy atom. The first-order valence-electron chi connectivity index (χ1n) is 3.71. The topological polar surface area (TPSA) is 72.7 Å². The van der Waals surface area contributed by atoms with Gasteiger partial charge in [0.05, 0.1) is 6.33 Å². The zero-order valence-electron chi connectivity index (χ0n) is 8.24. The Labute approximate surface area is 90.8 Å². The van der Waals surface area contributed by atoms with Crippen LogP contribution < -0.4 is 30.1 Å². The second-order valence-electron chi connectivity index (χ2n) is 2.85. The first-order chi connectivity index (χ1) is 6.11. The van der Waals surface area contributed by atoms with Crippen LogP contribution in [0.2, 0.25) is 0 Å². The van der Waals surface area contributed by atoms with Crippen LogP contribution in [0.1, 0.15) is 0 Å². The summed E-state index contributed by atoms with van der Waals surface area (Å²) in [6.07, 6.45) is 1.50. The van der Waals surface area contributed by atoms with Crippen molar-refractivity contribution in [3.63, 3.8) is 0 Å². The van der Waals surface area contributed by atoms with E-state index in [4.69, 9.17) is 0 Å². The van der Waals surface area contributed by atoms with Crippen molar-refractivity contribution in [3.05, 3.63) is 27.2 Å². The zero-order valence-corrected chi connectivity index (χ0v) is 8.24. The van der Waals surface area contributed by atoms with E-state index < -0.39 is 11.2 Å². The second-order valence-corrected chi connectivity index (χ2v) is 2.85. The smallest absolute Gasteiger partial charge is 0.328 e. The maximum Gasteiger partial charge on any atom is 1.00 e. The van der Waals surface area contributed by atoms with Crippen LogP contribution in [0, 0.1) is 0 Å². The van der Waals surface area contributed by atoms with E-state index in [0.717, 1.165) is 0 Å². The Bertz CT molecular complexity index is 579. The van der Waals surface area contributed by atoms with Gasteiger partial charge < -0.3 is 4.57 Å². The Morgan fingerprint density at radius 1 is 1.36 bits per heavy atom. The maximum atomic E-state index is 11.3. The minimum Gasteiger partial charge on any atom is -0.328 e. The van der Waals surface area contributed by atoms with Crippen molar-refractivity contribution in [2.24, 2.45) is 14.1 Å². The fourth-order valence-corrected chi connectivity index (χ4v) is 1.26. The number of aryl methyl sites for hydroxylation is 2. The third kappa shape index (κ3) is 1.33. The van der Waals surface area contributed by atoms with Crippen LogP contribution >= 0.6 is 0 Å². The number of aromatic nitrogens is 4. The maximum absolute atomic E-state index is 11.3. The molecule has 0 aromatic carbocycles. The Morgan fingerprint density at radius 3 is 2.64 bits per heavy atom. The van der Waals surface area contributed by atoms with Gasteiger partial charge in [-0.15, -0.1) is 0 Å². The normalized spacial score (nSPS) is 10.1. The summed E-state index contributed by atoms with van der Waals surface area (Å²) >= 11 is 0. The molecule has 14 heavy (non-hydrogen) atoms. The van der Waals surface area contributed by atoms with Crippen molar-refractivity contribution < 1.29 is 18.9 Å². The largest absolute Gasteiger partial charge is 1.00 e. The molecule has 0 spiro atoms. The zero-order chi connectivity index (χ0) is 9.59. The fourth-order valence-electron chi connectivity index (χ4n) is 1.26. The van der Waals surface area contributed by atoms with E-state index in [1.165, 1.54) is 10.9 Å². The van der Waals surface area contributed by atoms with Gasteiger partial charge in [-0.2, -0.15) is 0 Å². The Hall–Kier alpha value is -1.25. The third-order valence-corrected chi connectivity index (χ3v) is 1.98. The molecule has 68 valence electrons. The van der Waals surface area contributed by atoms with E-state index in [9.17, 15) is 9.59 Å². The number of rotatable bonds is 0. The number of aromatic amines is 1. The van der Waals surface area contributed by atoms with E-state index in [1.807, 2.05) is 0 Å². The van der Waals surface area contributed by atoms with Crippen LogP contribution in [0.25, 0.3) is 11.2 Å². The monoisotopic (exact) mass is 187 g/mol. The number of hydrogen-bond acceptors (Lipinski definition) is 3. The number of H-pyrrole nitrogens is 1. The van der Waals surface area contributed by atoms with Crippen molar-refractivity contribution in [2.75, 3.05) is 0 Å². The van der Waals surface area contributed by atoms with Crippen molar-refractivity contribution in [1.29, 1.82) is 0 Å². The Kier molecular flexibility index (Phi) is 2.69. The summed E-state index contributed by atoms with van der Waals surface area (Å²) in [4.78, 5) is 28.6. The van der Waals surface area contributed by atoms with Gasteiger partial charge in [0.15, 0.2) is 11.2 Å². The van der Waals surface area contributed by atoms with Crippen molar-refractivity contribution >= 4 is 11.2 Å². The number of imidazole rings is 1. The van der Waals surface area contributed by atoms with E-state index >= 15 is 0 Å². The van der Waals surface area contributed by atoms with E-state index in [1.54, 1.807) is 18.7 Å². The van der Waals surface area contributed by atoms with Crippen LogP contribution in [0.5, 0.6) is 0 Å². The number of nitrogens with one attached hydrogen (secondary N) is 1. The van der Waals surface area contributed by atoms with Crippen LogP contribution in [-0.4, -0.2) is 19.1 Å². The molecule has 0 aliphatic rings. The van der Waals surface area contributed by atoms with Gasteiger partial charge in [0.25, 0.3) is 5.56 Å².